The Morgan fingerprint density at radius 2 is 2.00 bits per heavy atom. The Bertz CT molecular complexity index is 1110. The summed E-state index contributed by atoms with van der Waals surface area (Å²) in [4.78, 5) is 37.3. The molecule has 1 amide bonds. The van der Waals surface area contributed by atoms with Crippen molar-refractivity contribution >= 4 is 16.9 Å². The highest BCUT2D eigenvalue weighted by molar-refractivity contribution is 5.93. The molecule has 28 heavy (non-hydrogen) atoms. The van der Waals surface area contributed by atoms with Crippen molar-refractivity contribution < 1.29 is 9.21 Å². The standard InChI is InChI=1S/C21H22N4O3/c1-24-9-6-15-19(23-13-22-15)21(24)7-10-25(11-8-21)20(27)18-12-16(26)14-4-2-3-5-17(14)28-18/h2-5,12-13H,6-11H2,1H3,(H,22,23). The Hall–Kier alpha value is -2.93. The zero-order chi connectivity index (χ0) is 19.3. The van der Waals surface area contributed by atoms with Gasteiger partial charge in [0.1, 0.15) is 5.58 Å². The summed E-state index contributed by atoms with van der Waals surface area (Å²) in [6, 6.07) is 8.32. The zero-order valence-electron chi connectivity index (χ0n) is 15.8. The molecule has 3 aromatic rings. The maximum absolute atomic E-state index is 13.0. The third kappa shape index (κ3) is 2.50. The van der Waals surface area contributed by atoms with Crippen molar-refractivity contribution in [1.29, 1.82) is 0 Å². The second-order valence-corrected chi connectivity index (χ2v) is 7.70. The number of aromatic nitrogens is 2. The number of nitrogens with one attached hydrogen (secondary N) is 1. The number of hydrogen-bond donors (Lipinski definition) is 1. The molecule has 144 valence electrons. The highest BCUT2D eigenvalue weighted by Gasteiger charge is 2.45. The van der Waals surface area contributed by atoms with E-state index in [4.69, 9.17) is 4.42 Å². The molecule has 0 saturated carbocycles. The number of hydrogen-bond acceptors (Lipinski definition) is 5. The molecule has 1 saturated heterocycles. The molecule has 1 fully saturated rings. The van der Waals surface area contributed by atoms with Gasteiger partial charge in [-0.25, -0.2) is 4.98 Å². The van der Waals surface area contributed by atoms with Crippen LogP contribution in [0.1, 0.15) is 34.8 Å². The topological polar surface area (TPSA) is 82.4 Å². The number of fused-ring (bicyclic) bond motifs is 3. The lowest BCUT2D eigenvalue weighted by molar-refractivity contribution is 0.0212. The number of piperidine rings is 1. The summed E-state index contributed by atoms with van der Waals surface area (Å²) < 4.78 is 5.74. The van der Waals surface area contributed by atoms with Gasteiger partial charge >= 0.3 is 0 Å². The summed E-state index contributed by atoms with van der Waals surface area (Å²) in [7, 11) is 2.14. The van der Waals surface area contributed by atoms with Gasteiger partial charge in [0.15, 0.2) is 11.2 Å². The van der Waals surface area contributed by atoms with E-state index < -0.39 is 0 Å². The van der Waals surface area contributed by atoms with Crippen LogP contribution in [0.25, 0.3) is 11.0 Å². The van der Waals surface area contributed by atoms with Crippen molar-refractivity contribution in [3.63, 3.8) is 0 Å². The number of carbonyl (C=O) groups excluding carboxylic acids is 1. The van der Waals surface area contributed by atoms with Crippen LogP contribution in [-0.4, -0.2) is 52.4 Å². The van der Waals surface area contributed by atoms with Gasteiger partial charge in [-0.15, -0.1) is 0 Å². The maximum atomic E-state index is 13.0. The monoisotopic (exact) mass is 378 g/mol. The Labute approximate surface area is 162 Å². The number of carbonyl (C=O) groups is 1. The van der Waals surface area contributed by atoms with E-state index in [0.29, 0.717) is 24.1 Å². The molecule has 4 heterocycles. The van der Waals surface area contributed by atoms with Crippen LogP contribution in [-0.2, 0) is 12.0 Å². The normalized spacial score (nSPS) is 19.1. The summed E-state index contributed by atoms with van der Waals surface area (Å²) in [5.74, 6) is -0.115. The van der Waals surface area contributed by atoms with Crippen molar-refractivity contribution in [2.24, 2.45) is 0 Å². The molecule has 7 nitrogen and oxygen atoms in total. The predicted octanol–water partition coefficient (Wildman–Crippen LogP) is 2.14. The lowest BCUT2D eigenvalue weighted by Crippen LogP contribution is -2.55. The van der Waals surface area contributed by atoms with E-state index in [1.807, 2.05) is 0 Å². The van der Waals surface area contributed by atoms with Crippen LogP contribution < -0.4 is 5.43 Å². The number of amides is 1. The smallest absolute Gasteiger partial charge is 0.289 e. The number of rotatable bonds is 1. The first-order valence-corrected chi connectivity index (χ1v) is 9.65. The fourth-order valence-electron chi connectivity index (χ4n) is 4.65. The highest BCUT2D eigenvalue weighted by atomic mass is 16.3. The largest absolute Gasteiger partial charge is 0.451 e. The van der Waals surface area contributed by atoms with Gasteiger partial charge in [0.05, 0.1) is 22.9 Å². The average molecular weight is 378 g/mol. The van der Waals surface area contributed by atoms with E-state index in [1.165, 1.54) is 11.8 Å². The molecule has 0 aliphatic carbocycles. The lowest BCUT2D eigenvalue weighted by atomic mass is 9.79. The molecule has 2 aliphatic heterocycles. The van der Waals surface area contributed by atoms with Gasteiger partial charge in [0, 0.05) is 37.8 Å². The number of nitrogens with zero attached hydrogens (tertiary/aromatic N) is 3. The Morgan fingerprint density at radius 1 is 1.21 bits per heavy atom. The molecule has 0 unspecified atom stereocenters. The molecule has 7 heteroatoms. The quantitative estimate of drug-likeness (QED) is 0.702. The molecule has 0 atom stereocenters. The molecule has 2 aromatic heterocycles. The molecular weight excluding hydrogens is 356 g/mol. The first kappa shape index (κ1) is 17.2. The fourth-order valence-corrected chi connectivity index (χ4v) is 4.65. The Balaban J connectivity index is 1.41. The first-order valence-electron chi connectivity index (χ1n) is 9.65. The van der Waals surface area contributed by atoms with Gasteiger partial charge in [0.25, 0.3) is 5.91 Å². The van der Waals surface area contributed by atoms with Gasteiger partial charge < -0.3 is 14.3 Å². The summed E-state index contributed by atoms with van der Waals surface area (Å²) in [6.07, 6.45) is 4.36. The maximum Gasteiger partial charge on any atom is 0.289 e. The molecule has 1 spiro atoms. The third-order valence-corrected chi connectivity index (χ3v) is 6.31. The van der Waals surface area contributed by atoms with Crippen LogP contribution in [0.5, 0.6) is 0 Å². The highest BCUT2D eigenvalue weighted by Crippen LogP contribution is 2.41. The second-order valence-electron chi connectivity index (χ2n) is 7.70. The molecular formula is C21H22N4O3. The number of likely N-dealkylation sites (tertiary alicyclic amines) is 1. The van der Waals surface area contributed by atoms with Crippen LogP contribution in [0, 0.1) is 0 Å². The van der Waals surface area contributed by atoms with E-state index in [1.54, 1.807) is 35.5 Å². The SMILES string of the molecule is CN1CCc2[nH]cnc2C12CCN(C(=O)c1cc(=O)c3ccccc3o1)CC2. The zero-order valence-corrected chi connectivity index (χ0v) is 15.8. The van der Waals surface area contributed by atoms with Crippen molar-refractivity contribution in [1.82, 2.24) is 19.8 Å². The molecule has 0 bridgehead atoms. The number of para-hydroxylation sites is 1. The number of H-pyrrole nitrogens is 1. The molecule has 1 aromatic carbocycles. The minimum Gasteiger partial charge on any atom is -0.451 e. The van der Waals surface area contributed by atoms with E-state index in [9.17, 15) is 9.59 Å². The summed E-state index contributed by atoms with van der Waals surface area (Å²) >= 11 is 0. The van der Waals surface area contributed by atoms with Crippen molar-refractivity contribution in [2.45, 2.75) is 24.8 Å². The van der Waals surface area contributed by atoms with Crippen LogP contribution >= 0.6 is 0 Å². The summed E-state index contributed by atoms with van der Waals surface area (Å²) in [5.41, 5.74) is 2.45. The molecule has 5 rings (SSSR count). The third-order valence-electron chi connectivity index (χ3n) is 6.31. The first-order chi connectivity index (χ1) is 13.6. The number of imidazole rings is 1. The van der Waals surface area contributed by atoms with Crippen LogP contribution in [0.4, 0.5) is 0 Å². The Kier molecular flexibility index (Phi) is 3.87. The van der Waals surface area contributed by atoms with Gasteiger partial charge in [-0.1, -0.05) is 12.1 Å². The van der Waals surface area contributed by atoms with E-state index in [-0.39, 0.29) is 22.6 Å². The van der Waals surface area contributed by atoms with Crippen molar-refractivity contribution in [3.8, 4) is 0 Å². The Morgan fingerprint density at radius 3 is 2.82 bits per heavy atom. The fraction of sp³-hybridized carbons (Fsp3) is 0.381. The number of likely N-dealkylation sites (N-methyl/N-ethyl adjacent to an activating group) is 1. The lowest BCUT2D eigenvalue weighted by Gasteiger charge is -2.49. The van der Waals surface area contributed by atoms with E-state index in [0.717, 1.165) is 31.5 Å². The minimum absolute atomic E-state index is 0.108. The van der Waals surface area contributed by atoms with Gasteiger partial charge in [-0.2, -0.15) is 0 Å². The van der Waals surface area contributed by atoms with Gasteiger partial charge in [-0.3, -0.25) is 14.5 Å². The van der Waals surface area contributed by atoms with E-state index >= 15 is 0 Å². The van der Waals surface area contributed by atoms with Crippen molar-refractivity contribution in [3.05, 3.63) is 64.0 Å². The minimum atomic E-state index is -0.224. The number of aromatic amines is 1. The predicted molar refractivity (Wildman–Crippen MR) is 104 cm³/mol. The van der Waals surface area contributed by atoms with Crippen LogP contribution in [0.15, 0.2) is 45.9 Å². The van der Waals surface area contributed by atoms with E-state index in [2.05, 4.69) is 21.9 Å². The molecule has 1 N–H and O–H groups in total. The van der Waals surface area contributed by atoms with Gasteiger partial charge in [-0.05, 0) is 32.0 Å². The van der Waals surface area contributed by atoms with Gasteiger partial charge in [0.2, 0.25) is 0 Å². The van der Waals surface area contributed by atoms with Crippen molar-refractivity contribution in [2.75, 3.05) is 26.7 Å². The number of benzene rings is 1. The average Bonchev–Trinajstić information content (AvgIpc) is 3.21. The summed E-state index contributed by atoms with van der Waals surface area (Å²) in [5, 5.41) is 0.492. The molecule has 2 aliphatic rings. The van der Waals surface area contributed by atoms with Crippen LogP contribution in [0.2, 0.25) is 0 Å². The second kappa shape index (κ2) is 6.31. The van der Waals surface area contributed by atoms with Crippen LogP contribution in [0.3, 0.4) is 0 Å². The summed E-state index contributed by atoms with van der Waals surface area (Å²) in [6.45, 7) is 2.18. The molecule has 0 radical (unpaired) electrons.